The van der Waals surface area contributed by atoms with Crippen molar-refractivity contribution in [3.63, 3.8) is 0 Å². The van der Waals surface area contributed by atoms with Crippen LogP contribution in [0.2, 0.25) is 0 Å². The molecule has 0 bridgehead atoms. The molecular weight excluding hydrogens is 805 g/mol. The van der Waals surface area contributed by atoms with Gasteiger partial charge in [0.25, 0.3) is 0 Å². The average Bonchev–Trinajstić information content (AvgIpc) is 3.57. The molecule has 7 aromatic carbocycles. The van der Waals surface area contributed by atoms with Crippen LogP contribution in [0.5, 0.6) is 0 Å². The van der Waals surface area contributed by atoms with E-state index in [9.17, 15) is 0 Å². The minimum Gasteiger partial charge on any atom is -0.305 e. The van der Waals surface area contributed by atoms with E-state index in [1.807, 2.05) is 60.0 Å². The first kappa shape index (κ1) is 31.7. The van der Waals surface area contributed by atoms with Crippen molar-refractivity contribution in [1.29, 1.82) is 0 Å². The molecule has 0 atom stereocenters. The Bertz CT molecular complexity index is 2720. The Hall–Kier alpha value is -5.51. The molecule has 50 heavy (non-hydrogen) atoms. The van der Waals surface area contributed by atoms with E-state index in [0.717, 1.165) is 27.9 Å². The van der Waals surface area contributed by atoms with E-state index in [1.165, 1.54) is 58.2 Å². The van der Waals surface area contributed by atoms with E-state index in [0.29, 0.717) is 0 Å². The molecule has 10 aromatic rings. The monoisotopic (exact) mass is 833 g/mol. The van der Waals surface area contributed by atoms with Crippen molar-refractivity contribution in [1.82, 2.24) is 9.97 Å². The quantitative estimate of drug-likeness (QED) is 0.131. The van der Waals surface area contributed by atoms with Crippen molar-refractivity contribution in [3.8, 4) is 33.6 Å². The van der Waals surface area contributed by atoms with Crippen LogP contribution in [-0.4, -0.2) is 9.97 Å². The number of hydrogen-bond acceptors (Lipinski definition) is 3. The van der Waals surface area contributed by atoms with Gasteiger partial charge in [-0.05, 0) is 77.1 Å². The molecule has 3 heterocycles. The third-order valence-corrected chi connectivity index (χ3v) is 10.3. The molecule has 3 aromatic heterocycles. The summed E-state index contributed by atoms with van der Waals surface area (Å²) in [6.07, 6.45) is 3.72. The van der Waals surface area contributed by atoms with E-state index in [2.05, 4.69) is 132 Å². The molecule has 0 unspecified atom stereocenters. The number of nitrogens with zero attached hydrogens (tertiary/aromatic N) is 2. The summed E-state index contributed by atoms with van der Waals surface area (Å²) in [7, 11) is 0. The first-order valence-electron chi connectivity index (χ1n) is 16.3. The Morgan fingerprint density at radius 2 is 1.24 bits per heavy atom. The van der Waals surface area contributed by atoms with Crippen molar-refractivity contribution < 1.29 is 20.1 Å². The number of rotatable bonds is 3. The normalized spacial score (nSPS) is 11.0. The fourth-order valence-electron chi connectivity index (χ4n) is 6.76. The molecule has 4 heteroatoms. The van der Waals surface area contributed by atoms with Gasteiger partial charge in [-0.1, -0.05) is 115 Å². The van der Waals surface area contributed by atoms with Gasteiger partial charge in [0.1, 0.15) is 0 Å². The summed E-state index contributed by atoms with van der Waals surface area (Å²) in [5, 5.41) is 10.0. The van der Waals surface area contributed by atoms with Gasteiger partial charge in [-0.15, -0.1) is 59.7 Å². The summed E-state index contributed by atoms with van der Waals surface area (Å²) < 4.78 is 2.58. The maximum Gasteiger partial charge on any atom is 0.0324 e. The van der Waals surface area contributed by atoms with Crippen LogP contribution in [0.3, 0.4) is 0 Å². The second-order valence-corrected chi connectivity index (χ2v) is 13.0. The Kier molecular flexibility index (Phi) is 8.75. The largest absolute Gasteiger partial charge is 0.305 e. The molecule has 0 aliphatic carbocycles. The van der Waals surface area contributed by atoms with Gasteiger partial charge in [0.15, 0.2) is 0 Å². The second kappa shape index (κ2) is 13.8. The number of pyridine rings is 2. The first-order chi connectivity index (χ1) is 24.3. The zero-order chi connectivity index (χ0) is 32.6. The molecule has 0 saturated heterocycles. The van der Waals surface area contributed by atoms with Crippen molar-refractivity contribution in [2.24, 2.45) is 0 Å². The van der Waals surface area contributed by atoms with Gasteiger partial charge in [0.05, 0.1) is 0 Å². The van der Waals surface area contributed by atoms with Gasteiger partial charge in [-0.25, -0.2) is 0 Å². The fourth-order valence-corrected chi connectivity index (χ4v) is 8.02. The number of thiophene rings is 1. The SMILES string of the molecule is [Ir].[c-]1cc2c(cc1-c1nccc3c1ccc1c4ccccc4ccc31)sc1c(-c3ccccc3)cccc12.[c-]1ccccc1-c1ccccn1. The van der Waals surface area contributed by atoms with E-state index in [4.69, 9.17) is 4.98 Å². The minimum absolute atomic E-state index is 0. The van der Waals surface area contributed by atoms with Crippen LogP contribution in [0.1, 0.15) is 0 Å². The fraction of sp³-hybridized carbons (Fsp3) is 0. The zero-order valence-corrected chi connectivity index (χ0v) is 30.0. The molecule has 0 spiro atoms. The topological polar surface area (TPSA) is 25.8 Å². The molecule has 10 rings (SSSR count). The Morgan fingerprint density at radius 1 is 0.480 bits per heavy atom. The molecule has 2 nitrogen and oxygen atoms in total. The van der Waals surface area contributed by atoms with Crippen molar-refractivity contribution >= 4 is 63.8 Å². The van der Waals surface area contributed by atoms with E-state index < -0.39 is 0 Å². The van der Waals surface area contributed by atoms with E-state index in [1.54, 1.807) is 6.20 Å². The summed E-state index contributed by atoms with van der Waals surface area (Å²) in [4.78, 5) is 9.06. The number of fused-ring (bicyclic) bond motifs is 8. The maximum atomic E-state index is 4.85. The van der Waals surface area contributed by atoms with Crippen molar-refractivity contribution in [2.45, 2.75) is 0 Å². The third kappa shape index (κ3) is 5.78. The van der Waals surface area contributed by atoms with Crippen LogP contribution in [0.4, 0.5) is 0 Å². The van der Waals surface area contributed by atoms with Crippen LogP contribution >= 0.6 is 11.3 Å². The molecular formula is C46H28IrN2S-2. The Morgan fingerprint density at radius 3 is 2.10 bits per heavy atom. The molecule has 0 N–H and O–H groups in total. The molecule has 0 aliphatic heterocycles. The van der Waals surface area contributed by atoms with Crippen molar-refractivity contribution in [2.75, 3.05) is 0 Å². The maximum absolute atomic E-state index is 4.85. The summed E-state index contributed by atoms with van der Waals surface area (Å²) in [5.74, 6) is 0. The van der Waals surface area contributed by atoms with Crippen LogP contribution in [-0.2, 0) is 20.1 Å². The summed E-state index contributed by atoms with van der Waals surface area (Å²) in [6.45, 7) is 0. The predicted molar refractivity (Wildman–Crippen MR) is 208 cm³/mol. The van der Waals surface area contributed by atoms with Crippen LogP contribution in [0.25, 0.3) is 86.1 Å². The minimum atomic E-state index is 0. The van der Waals surface area contributed by atoms with Crippen molar-refractivity contribution in [3.05, 3.63) is 182 Å². The average molecular weight is 833 g/mol. The Labute approximate surface area is 308 Å². The van der Waals surface area contributed by atoms with Gasteiger partial charge in [-0.2, -0.15) is 11.3 Å². The van der Waals surface area contributed by atoms with Gasteiger partial charge in [0.2, 0.25) is 0 Å². The molecule has 0 aliphatic rings. The smallest absolute Gasteiger partial charge is 0.0324 e. The molecule has 1 radical (unpaired) electrons. The van der Waals surface area contributed by atoms with E-state index >= 15 is 0 Å². The molecule has 239 valence electrons. The summed E-state index contributed by atoms with van der Waals surface area (Å²) >= 11 is 1.85. The van der Waals surface area contributed by atoms with Gasteiger partial charge in [0, 0.05) is 37.2 Å². The molecule has 0 amide bonds. The first-order valence-corrected chi connectivity index (χ1v) is 17.1. The number of aromatic nitrogens is 2. The molecule has 0 saturated carbocycles. The summed E-state index contributed by atoms with van der Waals surface area (Å²) in [6, 6.07) is 61.7. The standard InChI is InChI=1S/C35H20NS.C11H8N.Ir/c1-2-7-22(8-3-1)26-11-6-12-32-30-16-14-24(21-33(30)37-35(26)32)34-31-18-17-27-25-10-5-4-9-23(25)13-15-28(27)29(31)19-20-36-34;1-2-6-10(7-3-1)11-8-4-5-9-12-11;/h1-13,15-21H;1-6,8-9H;/q2*-1;. The predicted octanol–water partition coefficient (Wildman–Crippen LogP) is 12.6. The van der Waals surface area contributed by atoms with Crippen LogP contribution in [0.15, 0.2) is 170 Å². The summed E-state index contributed by atoms with van der Waals surface area (Å²) in [5.41, 5.74) is 6.55. The third-order valence-electron chi connectivity index (χ3n) is 9.09. The zero-order valence-electron chi connectivity index (χ0n) is 26.8. The van der Waals surface area contributed by atoms with Gasteiger partial charge >= 0.3 is 0 Å². The number of hydrogen-bond donors (Lipinski definition) is 0. The van der Waals surface area contributed by atoms with Gasteiger partial charge in [-0.3, -0.25) is 0 Å². The Balaban J connectivity index is 0.000000236. The second-order valence-electron chi connectivity index (χ2n) is 12.0. The van der Waals surface area contributed by atoms with Crippen LogP contribution in [0, 0.1) is 12.1 Å². The van der Waals surface area contributed by atoms with Crippen LogP contribution < -0.4 is 0 Å². The number of benzene rings is 7. The van der Waals surface area contributed by atoms with E-state index in [-0.39, 0.29) is 20.1 Å². The molecule has 0 fully saturated rings. The van der Waals surface area contributed by atoms with Gasteiger partial charge < -0.3 is 9.97 Å².